The molecule has 5 rings (SSSR count). The fraction of sp³-hybridized carbons (Fsp3) is 0.0800. The molecule has 5 aromatic rings. The molecule has 0 aliphatic rings. The maximum atomic E-state index is 6.12. The van der Waals surface area contributed by atoms with E-state index in [2.05, 4.69) is 49.2 Å². The van der Waals surface area contributed by atoms with Crippen LogP contribution in [0.5, 0.6) is 11.5 Å². The van der Waals surface area contributed by atoms with Gasteiger partial charge < -0.3 is 0 Å². The van der Waals surface area contributed by atoms with Crippen LogP contribution in [0.1, 0.15) is 11.3 Å². The van der Waals surface area contributed by atoms with Crippen molar-refractivity contribution in [2.24, 2.45) is 0 Å². The monoisotopic (exact) mass is 507 g/mol. The van der Waals surface area contributed by atoms with E-state index in [0.29, 0.717) is 5.89 Å². The minimum atomic E-state index is -0.00131. The Morgan fingerprint density at radius 1 is 0.933 bits per heavy atom. The Hall–Kier alpha value is -3.06. The first-order chi connectivity index (χ1) is 14.8. The van der Waals surface area contributed by atoms with Gasteiger partial charge in [0.15, 0.2) is 0 Å². The van der Waals surface area contributed by atoms with Gasteiger partial charge in [-0.05, 0) is 5.56 Å². The summed E-state index contributed by atoms with van der Waals surface area (Å²) in [6.45, 7) is 0. The second-order valence-electron chi connectivity index (χ2n) is 6.95. The molecule has 0 radical (unpaired) electrons. The van der Waals surface area contributed by atoms with Gasteiger partial charge >= 0.3 is 144 Å². The van der Waals surface area contributed by atoms with Gasteiger partial charge in [-0.1, -0.05) is 30.3 Å². The zero-order chi connectivity index (χ0) is 20.3. The van der Waals surface area contributed by atoms with Crippen molar-refractivity contribution in [1.29, 1.82) is 0 Å². The van der Waals surface area contributed by atoms with E-state index in [1.807, 2.05) is 48.5 Å². The summed E-state index contributed by atoms with van der Waals surface area (Å²) in [4.78, 5) is 6.91. The Bertz CT molecular complexity index is 1290. The predicted molar refractivity (Wildman–Crippen MR) is 115 cm³/mol. The Morgan fingerprint density at radius 2 is 1.80 bits per heavy atom. The van der Waals surface area contributed by atoms with Gasteiger partial charge in [0.2, 0.25) is 0 Å². The van der Waals surface area contributed by atoms with Crippen LogP contribution in [0.15, 0.2) is 95.7 Å². The van der Waals surface area contributed by atoms with Gasteiger partial charge in [-0.3, -0.25) is 0 Å². The quantitative estimate of drug-likeness (QED) is 0.262. The average Bonchev–Trinajstić information content (AvgIpc) is 3.41. The third-order valence-electron chi connectivity index (χ3n) is 4.89. The van der Waals surface area contributed by atoms with E-state index in [0.717, 1.165) is 29.2 Å². The van der Waals surface area contributed by atoms with E-state index >= 15 is 0 Å². The molecule has 0 amide bonds. The second kappa shape index (κ2) is 8.36. The molecule has 150 valence electrons. The third kappa shape index (κ3) is 3.98. The normalized spacial score (nSPS) is 11.2. The van der Waals surface area contributed by atoms with Crippen molar-refractivity contribution in [1.82, 2.24) is 7.76 Å². The summed E-state index contributed by atoms with van der Waals surface area (Å²) < 4.78 is 14.2. The van der Waals surface area contributed by atoms with Crippen LogP contribution < -0.4 is 26.2 Å². The first-order valence-corrected chi connectivity index (χ1v) is 12.8. The van der Waals surface area contributed by atoms with Crippen molar-refractivity contribution >= 4 is 10.9 Å². The number of hydrogen-bond donors (Lipinski definition) is 0. The third-order valence-corrected chi connectivity index (χ3v) is 6.77. The van der Waals surface area contributed by atoms with Crippen LogP contribution in [-0.2, 0) is 6.42 Å². The van der Waals surface area contributed by atoms with Crippen LogP contribution >= 0.6 is 0 Å². The first kappa shape index (κ1) is 18.9. The molecule has 0 fully saturated rings. The van der Waals surface area contributed by atoms with Crippen molar-refractivity contribution < 1.29 is 30.6 Å². The van der Waals surface area contributed by atoms with E-state index in [9.17, 15) is 0 Å². The van der Waals surface area contributed by atoms with Crippen molar-refractivity contribution in [2.75, 3.05) is 4.93 Å². The molecule has 0 bridgehead atoms. The van der Waals surface area contributed by atoms with Gasteiger partial charge in [-0.25, -0.2) is 0 Å². The summed E-state index contributed by atoms with van der Waals surface area (Å²) in [6.07, 6.45) is 4.63. The fourth-order valence-corrected chi connectivity index (χ4v) is 4.89. The van der Waals surface area contributed by atoms with E-state index in [4.69, 9.17) is 9.15 Å². The van der Waals surface area contributed by atoms with Crippen LogP contribution in [0.4, 0.5) is 0 Å². The Balaban J connectivity index is 1.35. The van der Waals surface area contributed by atoms with Gasteiger partial charge in [0.1, 0.15) is 0 Å². The van der Waals surface area contributed by atoms with Crippen LogP contribution in [0.3, 0.4) is 0 Å². The van der Waals surface area contributed by atoms with Crippen molar-refractivity contribution in [3.8, 4) is 23.0 Å². The molecule has 2 aromatic heterocycles. The Labute approximate surface area is 185 Å². The summed E-state index contributed by atoms with van der Waals surface area (Å²) >= 11 is -0.00131. The second-order valence-corrected chi connectivity index (χ2v) is 8.96. The number of fused-ring (bicyclic) bond motifs is 1. The molecule has 0 aliphatic heterocycles. The van der Waals surface area contributed by atoms with Crippen LogP contribution in [-0.4, -0.2) is 12.7 Å². The molecule has 2 heterocycles. The Morgan fingerprint density at radius 3 is 2.67 bits per heavy atom. The molecule has 0 saturated carbocycles. The maximum absolute atomic E-state index is 6.12. The number of benzene rings is 3. The number of hydrogen-bond acceptors (Lipinski definition) is 3. The molecule has 5 heteroatoms. The summed E-state index contributed by atoms with van der Waals surface area (Å²) in [5.41, 5.74) is 4.28. The van der Waals surface area contributed by atoms with Crippen LogP contribution in [0, 0.1) is 0 Å². The zero-order valence-corrected chi connectivity index (χ0v) is 18.6. The van der Waals surface area contributed by atoms with Crippen LogP contribution in [0.2, 0.25) is 0 Å². The van der Waals surface area contributed by atoms with Crippen molar-refractivity contribution in [3.63, 3.8) is 0 Å². The topological polar surface area (TPSA) is 40.2 Å². The number of rotatable bonds is 6. The number of oxazole rings is 1. The number of nitrogens with zero attached hydrogens (tertiary/aromatic N) is 2. The number of aromatic nitrogens is 2. The van der Waals surface area contributed by atoms with Gasteiger partial charge in [0.05, 0.1) is 0 Å². The summed E-state index contributed by atoms with van der Waals surface area (Å²) in [7, 11) is 0. The molecule has 30 heavy (non-hydrogen) atoms. The molecule has 3 aromatic carbocycles. The number of halogens is 1. The molecular weight excluding hydrogens is 487 g/mol. The molecule has 4 nitrogen and oxygen atoms in total. The van der Waals surface area contributed by atoms with E-state index in [1.165, 1.54) is 16.5 Å². The van der Waals surface area contributed by atoms with E-state index in [1.54, 1.807) is 6.26 Å². The Kier molecular flexibility index (Phi) is 5.27. The molecule has 0 N–H and O–H groups in total. The molecule has 0 atom stereocenters. The molecule has 0 aliphatic carbocycles. The fourth-order valence-electron chi connectivity index (χ4n) is 3.45. The average molecular weight is 507 g/mol. The van der Waals surface area contributed by atoms with E-state index < -0.39 is 0 Å². The standard InChI is InChI=1S/C25H20IN2O2/c1-26-28-13-12-19-15-23(10-11-24(19)28)30-22-9-5-8-20(16-22)25-27-21(17-29-25)14-18-6-3-2-4-7-18/h2-13,15-17H,14H2,1H3/q-1. The van der Waals surface area contributed by atoms with Crippen molar-refractivity contribution in [3.05, 3.63) is 103 Å². The molecule has 0 unspecified atom stereocenters. The van der Waals surface area contributed by atoms with Crippen LogP contribution in [0.25, 0.3) is 22.4 Å². The zero-order valence-electron chi connectivity index (χ0n) is 16.5. The molecular formula is C25H20IN2O2-. The minimum absolute atomic E-state index is 0.00131. The SMILES string of the molecule is C[I-]n1ccc2cc(Oc3cccc(-c4nc(Cc5ccccc5)co4)c3)ccc21. The number of alkyl halides is 1. The van der Waals surface area contributed by atoms with Crippen molar-refractivity contribution in [2.45, 2.75) is 6.42 Å². The van der Waals surface area contributed by atoms with Gasteiger partial charge in [0, 0.05) is 6.42 Å². The first-order valence-electron chi connectivity index (χ1n) is 9.66. The summed E-state index contributed by atoms with van der Waals surface area (Å²) in [5.74, 6) is 2.19. The van der Waals surface area contributed by atoms with Gasteiger partial charge in [-0.15, -0.1) is 0 Å². The van der Waals surface area contributed by atoms with Gasteiger partial charge in [0.25, 0.3) is 0 Å². The summed E-state index contributed by atoms with van der Waals surface area (Å²) in [5, 5.41) is 1.20. The summed E-state index contributed by atoms with van der Waals surface area (Å²) in [6, 6.07) is 26.5. The predicted octanol–water partition coefficient (Wildman–Crippen LogP) is 3.16. The molecule has 0 spiro atoms. The number of ether oxygens (including phenoxy) is 1. The molecule has 0 saturated heterocycles. The van der Waals surface area contributed by atoms with E-state index in [-0.39, 0.29) is 21.5 Å². The van der Waals surface area contributed by atoms with Gasteiger partial charge in [-0.2, -0.15) is 0 Å².